The summed E-state index contributed by atoms with van der Waals surface area (Å²) in [5, 5.41) is 19.7. The highest BCUT2D eigenvalue weighted by Crippen LogP contribution is 2.40. The van der Waals surface area contributed by atoms with Gasteiger partial charge in [0.05, 0.1) is 11.8 Å². The lowest BCUT2D eigenvalue weighted by atomic mass is 9.82. The summed E-state index contributed by atoms with van der Waals surface area (Å²) in [6.07, 6.45) is 5.32. The van der Waals surface area contributed by atoms with Crippen LogP contribution in [0.2, 0.25) is 0 Å². The van der Waals surface area contributed by atoms with E-state index in [1.807, 2.05) is 13.0 Å². The van der Waals surface area contributed by atoms with E-state index < -0.39 is 12.1 Å². The Morgan fingerprint density at radius 3 is 2.27 bits per heavy atom. The fourth-order valence-corrected chi connectivity index (χ4v) is 5.28. The summed E-state index contributed by atoms with van der Waals surface area (Å²) in [4.78, 5) is 28.9. The molecule has 0 aliphatic heterocycles. The number of carboxylic acid groups (broad SMARTS) is 1. The molecule has 2 atom stereocenters. The Labute approximate surface area is 185 Å². The topological polar surface area (TPSA) is 77.8 Å². The van der Waals surface area contributed by atoms with Crippen LogP contribution in [0.25, 0.3) is 0 Å². The largest absolute Gasteiger partial charge is 0.477 e. The molecule has 0 radical (unpaired) electrons. The van der Waals surface area contributed by atoms with Crippen molar-refractivity contribution in [2.24, 2.45) is 11.8 Å². The van der Waals surface area contributed by atoms with Gasteiger partial charge in [0.2, 0.25) is 5.91 Å². The van der Waals surface area contributed by atoms with Gasteiger partial charge in [-0.3, -0.25) is 4.79 Å². The summed E-state index contributed by atoms with van der Waals surface area (Å²) in [7, 11) is 0. The molecule has 0 bridgehead atoms. The van der Waals surface area contributed by atoms with E-state index in [1.54, 1.807) is 11.8 Å². The number of aromatic carboxylic acids is 1. The fourth-order valence-electron chi connectivity index (χ4n) is 4.23. The lowest BCUT2D eigenvalue weighted by Gasteiger charge is -2.36. The third-order valence-electron chi connectivity index (χ3n) is 6.26. The first-order valence-corrected chi connectivity index (χ1v) is 12.2. The van der Waals surface area contributed by atoms with E-state index in [0.717, 1.165) is 37.0 Å². The summed E-state index contributed by atoms with van der Waals surface area (Å²) in [5.41, 5.74) is 0.349. The first-order valence-electron chi connectivity index (χ1n) is 11.3. The second kappa shape index (κ2) is 10.3. The summed E-state index contributed by atoms with van der Waals surface area (Å²) in [6.45, 7) is 12.2. The zero-order valence-corrected chi connectivity index (χ0v) is 20.2. The number of hydrogen-bond acceptors (Lipinski definition) is 4. The number of carbonyl (C=O) groups is 2. The van der Waals surface area contributed by atoms with Crippen molar-refractivity contribution in [3.63, 3.8) is 0 Å². The van der Waals surface area contributed by atoms with E-state index in [4.69, 9.17) is 0 Å². The van der Waals surface area contributed by atoms with Crippen LogP contribution in [0.1, 0.15) is 101 Å². The molecule has 170 valence electrons. The van der Waals surface area contributed by atoms with E-state index >= 15 is 0 Å². The lowest BCUT2D eigenvalue weighted by Crippen LogP contribution is -2.45. The Kier molecular flexibility index (Phi) is 8.51. The molecule has 0 aromatic carbocycles. The van der Waals surface area contributed by atoms with E-state index in [-0.39, 0.29) is 28.2 Å². The normalized spacial score (nSPS) is 21.8. The molecule has 30 heavy (non-hydrogen) atoms. The average Bonchev–Trinajstić information content (AvgIpc) is 3.10. The van der Waals surface area contributed by atoms with E-state index in [2.05, 4.69) is 27.7 Å². The summed E-state index contributed by atoms with van der Waals surface area (Å²) in [6, 6.07) is 1.80. The third kappa shape index (κ3) is 6.07. The van der Waals surface area contributed by atoms with Gasteiger partial charge in [0.15, 0.2) is 0 Å². The minimum absolute atomic E-state index is 0.0542. The maximum atomic E-state index is 13.8. The molecule has 2 rings (SSSR count). The van der Waals surface area contributed by atoms with Crippen LogP contribution in [0.15, 0.2) is 6.07 Å². The minimum Gasteiger partial charge on any atom is -0.477 e. The average molecular weight is 438 g/mol. The maximum Gasteiger partial charge on any atom is 0.348 e. The van der Waals surface area contributed by atoms with Crippen molar-refractivity contribution in [3.05, 3.63) is 15.8 Å². The van der Waals surface area contributed by atoms with E-state index in [0.29, 0.717) is 24.4 Å². The Morgan fingerprint density at radius 2 is 1.80 bits per heavy atom. The molecule has 1 fully saturated rings. The maximum absolute atomic E-state index is 13.8. The van der Waals surface area contributed by atoms with E-state index in [1.165, 1.54) is 11.3 Å². The second-order valence-corrected chi connectivity index (χ2v) is 11.1. The molecular formula is C24H39NO4S. The highest BCUT2D eigenvalue weighted by molar-refractivity contribution is 7.14. The van der Waals surface area contributed by atoms with Gasteiger partial charge in [0.1, 0.15) is 4.88 Å². The fraction of sp³-hybridized carbons (Fsp3) is 0.750. The van der Waals surface area contributed by atoms with Gasteiger partial charge in [-0.15, -0.1) is 11.3 Å². The van der Waals surface area contributed by atoms with Gasteiger partial charge in [0.25, 0.3) is 0 Å². The molecule has 1 aromatic rings. The van der Waals surface area contributed by atoms with Gasteiger partial charge >= 0.3 is 5.97 Å². The van der Waals surface area contributed by atoms with E-state index in [9.17, 15) is 19.8 Å². The molecule has 1 aliphatic carbocycles. The molecule has 1 aliphatic rings. The van der Waals surface area contributed by atoms with Crippen LogP contribution in [0, 0.1) is 11.8 Å². The first kappa shape index (κ1) is 24.9. The van der Waals surface area contributed by atoms with Crippen molar-refractivity contribution in [2.75, 3.05) is 4.90 Å². The first-order chi connectivity index (χ1) is 14.0. The van der Waals surface area contributed by atoms with Crippen molar-refractivity contribution < 1.29 is 19.8 Å². The Balaban J connectivity index is 2.50. The molecule has 1 aromatic heterocycles. The summed E-state index contributed by atoms with van der Waals surface area (Å²) in [5.74, 6) is -0.338. The predicted molar refractivity (Wildman–Crippen MR) is 124 cm³/mol. The quantitative estimate of drug-likeness (QED) is 0.535. The Hall–Kier alpha value is -1.40. The van der Waals surface area contributed by atoms with Gasteiger partial charge in [-0.05, 0) is 69.3 Å². The number of amides is 1. The third-order valence-corrected chi connectivity index (χ3v) is 7.80. The molecule has 5 nitrogen and oxygen atoms in total. The number of thiophene rings is 1. The molecule has 1 amide bonds. The van der Waals surface area contributed by atoms with Gasteiger partial charge in [0, 0.05) is 16.8 Å². The molecule has 6 heteroatoms. The van der Waals surface area contributed by atoms with Crippen molar-refractivity contribution in [1.29, 1.82) is 0 Å². The van der Waals surface area contributed by atoms with Crippen molar-refractivity contribution in [3.8, 4) is 0 Å². The second-order valence-electron chi connectivity index (χ2n) is 10.0. The number of nitrogens with zero attached hydrogens (tertiary/aromatic N) is 1. The van der Waals surface area contributed by atoms with Gasteiger partial charge in [-0.1, -0.05) is 34.6 Å². The molecule has 0 unspecified atom stereocenters. The number of rotatable bonds is 8. The van der Waals surface area contributed by atoms with Crippen LogP contribution < -0.4 is 4.90 Å². The Bertz CT molecular complexity index is 726. The van der Waals surface area contributed by atoms with Crippen molar-refractivity contribution in [2.45, 2.75) is 104 Å². The zero-order chi connectivity index (χ0) is 22.6. The number of carbonyl (C=O) groups excluding carboxylic acids is 1. The summed E-state index contributed by atoms with van der Waals surface area (Å²) < 4.78 is 0. The van der Waals surface area contributed by atoms with Crippen LogP contribution in [0.5, 0.6) is 0 Å². The highest BCUT2D eigenvalue weighted by atomic mass is 32.1. The summed E-state index contributed by atoms with van der Waals surface area (Å²) >= 11 is 1.28. The highest BCUT2D eigenvalue weighted by Gasteiger charge is 2.36. The minimum atomic E-state index is -0.981. The molecule has 0 spiro atoms. The van der Waals surface area contributed by atoms with Crippen LogP contribution in [-0.4, -0.2) is 34.2 Å². The standard InChI is InChI=1S/C24H39NO4S/c1-7-18(13-10-16(3)26)25(22(27)17-11-8-15(2)9-12-17)19-14-20(24(4,5)6)30-21(19)23(28)29/h14-18,26H,7-13H2,1-6H3,(H,28,29)/t15?,16-,17?,18-/m1/s1. The number of hydrogen-bond donors (Lipinski definition) is 2. The molecule has 1 heterocycles. The van der Waals surface area contributed by atoms with Gasteiger partial charge in [-0.2, -0.15) is 0 Å². The number of aliphatic hydroxyl groups excluding tert-OH is 1. The van der Waals surface area contributed by atoms with Crippen molar-refractivity contribution in [1.82, 2.24) is 0 Å². The van der Waals surface area contributed by atoms with Crippen LogP contribution in [0.3, 0.4) is 0 Å². The molecule has 2 N–H and O–H groups in total. The predicted octanol–water partition coefficient (Wildman–Crippen LogP) is 5.84. The molecule has 1 saturated carbocycles. The van der Waals surface area contributed by atoms with Crippen LogP contribution in [-0.2, 0) is 10.2 Å². The zero-order valence-electron chi connectivity index (χ0n) is 19.4. The van der Waals surface area contributed by atoms with Gasteiger partial charge < -0.3 is 15.1 Å². The van der Waals surface area contributed by atoms with Crippen LogP contribution in [0.4, 0.5) is 5.69 Å². The smallest absolute Gasteiger partial charge is 0.348 e. The monoisotopic (exact) mass is 437 g/mol. The van der Waals surface area contributed by atoms with Crippen LogP contribution >= 0.6 is 11.3 Å². The Morgan fingerprint density at radius 1 is 1.20 bits per heavy atom. The van der Waals surface area contributed by atoms with Crippen molar-refractivity contribution >= 4 is 28.9 Å². The van der Waals surface area contributed by atoms with Gasteiger partial charge in [-0.25, -0.2) is 4.79 Å². The SMILES string of the molecule is CC[C@H](CC[C@@H](C)O)N(C(=O)C1CCC(C)CC1)c1cc(C(C)(C)C)sc1C(=O)O. The number of aliphatic hydroxyl groups is 1. The number of carboxylic acids is 1. The lowest BCUT2D eigenvalue weighted by molar-refractivity contribution is -0.124. The number of anilines is 1. The molecule has 0 saturated heterocycles. The molecular weight excluding hydrogens is 398 g/mol.